The van der Waals surface area contributed by atoms with Crippen molar-refractivity contribution in [2.45, 2.75) is 0 Å². The van der Waals surface area contributed by atoms with Crippen molar-refractivity contribution in [1.82, 2.24) is 28.7 Å². The van der Waals surface area contributed by atoms with Gasteiger partial charge in [-0.15, -0.1) is 0 Å². The second-order valence-corrected chi connectivity index (χ2v) is 22.4. The molecule has 0 radical (unpaired) electrons. The van der Waals surface area contributed by atoms with Crippen LogP contribution < -0.4 is 0 Å². The van der Waals surface area contributed by atoms with E-state index in [9.17, 15) is 0 Å². The summed E-state index contributed by atoms with van der Waals surface area (Å²) in [5.41, 5.74) is 22.1. The van der Waals surface area contributed by atoms with E-state index in [1.165, 1.54) is 66.1 Å². The second kappa shape index (κ2) is 20.6. The fourth-order valence-electron chi connectivity index (χ4n) is 13.1. The molecule has 13 aromatic carbocycles. The molecule has 4 aromatic heterocycles. The molecule has 6 nitrogen and oxygen atoms in total. The molecule has 0 aliphatic heterocycles. The monoisotopic (exact) mass is 1110 g/mol. The Bertz CT molecular complexity index is 5210. The van der Waals surface area contributed by atoms with Crippen LogP contribution >= 0.6 is 0 Å². The Morgan fingerprint density at radius 1 is 0.172 bits per heavy atom. The van der Waals surface area contributed by atoms with E-state index in [1.54, 1.807) is 0 Å². The summed E-state index contributed by atoms with van der Waals surface area (Å²) in [7, 11) is 0. The maximum atomic E-state index is 5.41. The van der Waals surface area contributed by atoms with E-state index < -0.39 is 0 Å². The molecule has 0 spiro atoms. The van der Waals surface area contributed by atoms with Crippen LogP contribution in [0.25, 0.3) is 161 Å². The number of rotatable bonds is 10. The third-order valence-electron chi connectivity index (χ3n) is 17.3. The fraction of sp³-hybridized carbons (Fsp3) is 0. The van der Waals surface area contributed by atoms with E-state index >= 15 is 0 Å². The largest absolute Gasteiger partial charge is 0.309 e. The second-order valence-electron chi connectivity index (χ2n) is 22.4. The summed E-state index contributed by atoms with van der Waals surface area (Å²) in [6, 6.07) is 113. The smallest absolute Gasteiger partial charge is 0.238 e. The molecule has 87 heavy (non-hydrogen) atoms. The number of hydrogen-bond acceptors (Lipinski definition) is 3. The molecule has 0 amide bonds. The number of aromatic nitrogens is 6. The molecule has 0 unspecified atom stereocenters. The molecule has 0 N–H and O–H groups in total. The minimum absolute atomic E-state index is 0.534. The lowest BCUT2D eigenvalue weighted by molar-refractivity contribution is 0.953. The molecule has 0 fully saturated rings. The predicted octanol–water partition coefficient (Wildman–Crippen LogP) is 20.8. The van der Waals surface area contributed by atoms with E-state index in [2.05, 4.69) is 293 Å². The van der Waals surface area contributed by atoms with Gasteiger partial charge < -0.3 is 9.13 Å². The molecule has 0 bridgehead atoms. The molecule has 0 saturated carbocycles. The first kappa shape index (κ1) is 49.8. The Kier molecular flexibility index (Phi) is 11.8. The predicted molar refractivity (Wildman–Crippen MR) is 361 cm³/mol. The third kappa shape index (κ3) is 8.61. The van der Waals surface area contributed by atoms with Crippen LogP contribution in [0.5, 0.6) is 0 Å². The lowest BCUT2D eigenvalue weighted by Gasteiger charge is -2.13. The molecule has 0 aliphatic carbocycles. The molecule has 0 atom stereocenters. The zero-order valence-corrected chi connectivity index (χ0v) is 47.2. The normalized spacial score (nSPS) is 11.7. The minimum atomic E-state index is 0.534. The molecule has 406 valence electrons. The summed E-state index contributed by atoms with van der Waals surface area (Å²) in [6.45, 7) is 0. The highest BCUT2D eigenvalue weighted by Crippen LogP contribution is 2.42. The molecule has 17 rings (SSSR count). The van der Waals surface area contributed by atoms with Crippen LogP contribution in [0.4, 0.5) is 0 Å². The highest BCUT2D eigenvalue weighted by atomic mass is 15.2. The van der Waals surface area contributed by atoms with Gasteiger partial charge in [-0.05, 0) is 134 Å². The lowest BCUT2D eigenvalue weighted by Crippen LogP contribution is -2.06. The first-order valence-electron chi connectivity index (χ1n) is 29.6. The average Bonchev–Trinajstić information content (AvgIpc) is 1.68. The maximum Gasteiger partial charge on any atom is 0.238 e. The van der Waals surface area contributed by atoms with Gasteiger partial charge in [0.2, 0.25) is 5.95 Å². The number of fused-ring (bicyclic) bond motifs is 9. The minimum Gasteiger partial charge on any atom is -0.309 e. The topological polar surface area (TPSA) is 53.5 Å². The molecular formula is C81H52N6. The summed E-state index contributed by atoms with van der Waals surface area (Å²) >= 11 is 0. The molecule has 0 aliphatic rings. The first-order chi connectivity index (χ1) is 43.1. The Hall–Kier alpha value is -11.7. The summed E-state index contributed by atoms with van der Waals surface area (Å²) in [5, 5.41) is 6.99. The Balaban J connectivity index is 0.856. The average molecular weight is 1110 g/mol. The fourth-order valence-corrected chi connectivity index (χ4v) is 13.1. The van der Waals surface area contributed by atoms with Gasteiger partial charge >= 0.3 is 0 Å². The highest BCUT2D eigenvalue weighted by molar-refractivity contribution is 6.15. The number of nitrogens with zero attached hydrogens (tertiary/aromatic N) is 6. The van der Waals surface area contributed by atoms with Crippen LogP contribution in [0.2, 0.25) is 0 Å². The van der Waals surface area contributed by atoms with Gasteiger partial charge in [-0.2, -0.15) is 9.97 Å². The van der Waals surface area contributed by atoms with E-state index in [-0.39, 0.29) is 0 Å². The van der Waals surface area contributed by atoms with Crippen molar-refractivity contribution in [3.63, 3.8) is 0 Å². The Morgan fingerprint density at radius 3 is 0.851 bits per heavy atom. The van der Waals surface area contributed by atoms with Crippen LogP contribution in [-0.2, 0) is 0 Å². The van der Waals surface area contributed by atoms with Crippen molar-refractivity contribution in [2.24, 2.45) is 0 Å². The van der Waals surface area contributed by atoms with Gasteiger partial charge in [-0.25, -0.2) is 4.98 Å². The zero-order valence-electron chi connectivity index (χ0n) is 47.2. The van der Waals surface area contributed by atoms with Crippen LogP contribution in [0.15, 0.2) is 315 Å². The van der Waals surface area contributed by atoms with Crippen molar-refractivity contribution >= 4 is 65.4 Å². The Morgan fingerprint density at radius 2 is 0.460 bits per heavy atom. The molecular weight excluding hydrogens is 1060 g/mol. The SMILES string of the molecule is c1ccc(-c2ccc3c(c2)c2cc(-c4ccccc4)ccc2n3-c2ccc(-c3ccc4c5ccc(-n6c7ccc(-c8ccccc8)cc7c7cc(-c8ccccc8)ccc76)cc5n(-c5nc(-c6ccccc6)nc(-c6ccccc6)n5)c4c3)cc2)cc1. The van der Waals surface area contributed by atoms with Crippen LogP contribution in [-0.4, -0.2) is 28.7 Å². The van der Waals surface area contributed by atoms with Gasteiger partial charge in [0.1, 0.15) is 0 Å². The molecule has 4 heterocycles. The van der Waals surface area contributed by atoms with Crippen molar-refractivity contribution in [1.29, 1.82) is 0 Å². The lowest BCUT2D eigenvalue weighted by atomic mass is 10.0. The van der Waals surface area contributed by atoms with Crippen molar-refractivity contribution in [3.8, 4) is 95.7 Å². The first-order valence-corrected chi connectivity index (χ1v) is 29.6. The summed E-state index contributed by atoms with van der Waals surface area (Å²) in [6.07, 6.45) is 0. The van der Waals surface area contributed by atoms with E-state index in [4.69, 9.17) is 15.0 Å². The van der Waals surface area contributed by atoms with Crippen molar-refractivity contribution < 1.29 is 0 Å². The standard InChI is InChI=1S/C81H52N6/c1-7-19-53(20-8-1)60-34-43-73-69(47-60)70-48-61(54-21-9-2-10-22-54)35-44-74(70)85(73)65-38-31-57(32-39-65)64-33-41-67-68-42-40-66(52-78(68)87(77(67)51-64)81-83-79(58-27-15-5-16-28-58)82-80(84-81)59-29-17-6-18-30-59)86-75-45-36-62(55-23-11-3-12-24-55)49-71(75)72-50-63(37-46-76(72)86)56-25-13-4-14-26-56/h1-52H. The van der Waals surface area contributed by atoms with Crippen molar-refractivity contribution in [3.05, 3.63) is 315 Å². The van der Waals surface area contributed by atoms with E-state index in [1.807, 2.05) is 36.4 Å². The third-order valence-corrected chi connectivity index (χ3v) is 17.3. The highest BCUT2D eigenvalue weighted by Gasteiger charge is 2.23. The van der Waals surface area contributed by atoms with Crippen LogP contribution in [0.1, 0.15) is 0 Å². The van der Waals surface area contributed by atoms with E-state index in [0.717, 1.165) is 77.5 Å². The quantitative estimate of drug-likeness (QED) is 0.137. The van der Waals surface area contributed by atoms with E-state index in [0.29, 0.717) is 17.6 Å². The van der Waals surface area contributed by atoms with Gasteiger partial charge in [0.15, 0.2) is 11.6 Å². The summed E-state index contributed by atoms with van der Waals surface area (Å²) < 4.78 is 7.09. The van der Waals surface area contributed by atoms with Gasteiger partial charge in [-0.3, -0.25) is 4.57 Å². The van der Waals surface area contributed by atoms with Crippen LogP contribution in [0, 0.1) is 0 Å². The van der Waals surface area contributed by atoms with Crippen LogP contribution in [0.3, 0.4) is 0 Å². The van der Waals surface area contributed by atoms with Gasteiger partial charge in [0.05, 0.1) is 33.1 Å². The number of benzene rings is 13. The van der Waals surface area contributed by atoms with Crippen molar-refractivity contribution in [2.75, 3.05) is 0 Å². The van der Waals surface area contributed by atoms with Gasteiger partial charge in [0, 0.05) is 54.8 Å². The Labute approximate surface area is 502 Å². The zero-order chi connectivity index (χ0) is 57.4. The molecule has 6 heteroatoms. The molecule has 0 saturated heterocycles. The molecule has 17 aromatic rings. The number of hydrogen-bond donors (Lipinski definition) is 0. The maximum absolute atomic E-state index is 5.41. The van der Waals surface area contributed by atoms with Gasteiger partial charge in [-0.1, -0.05) is 237 Å². The van der Waals surface area contributed by atoms with Gasteiger partial charge in [0.25, 0.3) is 0 Å². The summed E-state index contributed by atoms with van der Waals surface area (Å²) in [4.78, 5) is 16.0. The summed E-state index contributed by atoms with van der Waals surface area (Å²) in [5.74, 6) is 1.73.